The third-order valence-electron chi connectivity index (χ3n) is 2.27. The number of pyridine rings is 1. The third-order valence-corrected chi connectivity index (χ3v) is 2.57. The highest BCUT2D eigenvalue weighted by Gasteiger charge is 2.11. The molecule has 1 aromatic heterocycles. The molecule has 0 saturated heterocycles. The van der Waals surface area contributed by atoms with Gasteiger partial charge in [-0.05, 0) is 12.1 Å². The van der Waals surface area contributed by atoms with Crippen LogP contribution in [-0.2, 0) is 0 Å². The van der Waals surface area contributed by atoms with Gasteiger partial charge in [0.1, 0.15) is 11.8 Å². The molecule has 0 saturated carbocycles. The topological polar surface area (TPSA) is 38.9 Å². The van der Waals surface area contributed by atoms with Gasteiger partial charge in [0.15, 0.2) is 0 Å². The highest BCUT2D eigenvalue weighted by atomic mass is 35.5. The fourth-order valence-corrected chi connectivity index (χ4v) is 1.74. The number of rotatable bonds is 2. The summed E-state index contributed by atoms with van der Waals surface area (Å²) < 4.78 is 12.4. The van der Waals surface area contributed by atoms with E-state index in [-0.39, 0.29) is 5.15 Å². The Morgan fingerprint density at radius 2 is 2.13 bits per heavy atom. The average molecular weight is 225 g/mol. The Balaban J connectivity index is 2.61. The average Bonchev–Trinajstić information content (AvgIpc) is 2.27. The highest BCUT2D eigenvalue weighted by molar-refractivity contribution is 6.30. The van der Waals surface area contributed by atoms with Crippen molar-refractivity contribution in [2.24, 2.45) is 5.73 Å². The molecule has 15 heavy (non-hydrogen) atoms. The van der Waals surface area contributed by atoms with E-state index in [4.69, 9.17) is 17.3 Å². The van der Waals surface area contributed by atoms with Crippen LogP contribution in [0.15, 0.2) is 30.3 Å². The Bertz CT molecular complexity index is 487. The van der Waals surface area contributed by atoms with Gasteiger partial charge in [0.25, 0.3) is 0 Å². The van der Waals surface area contributed by atoms with Crippen molar-refractivity contribution in [2.75, 3.05) is 6.67 Å². The Hall–Kier alpha value is -1.19. The van der Waals surface area contributed by atoms with E-state index < -0.39 is 12.7 Å². The van der Waals surface area contributed by atoms with Crippen LogP contribution in [0.5, 0.6) is 0 Å². The summed E-state index contributed by atoms with van der Waals surface area (Å²) >= 11 is 5.92. The van der Waals surface area contributed by atoms with Crippen LogP contribution in [-0.4, -0.2) is 11.7 Å². The molecule has 78 valence electrons. The van der Waals surface area contributed by atoms with Crippen LogP contribution in [0.3, 0.4) is 0 Å². The number of alkyl halides is 1. The van der Waals surface area contributed by atoms with Gasteiger partial charge in [-0.15, -0.1) is 0 Å². The second kappa shape index (κ2) is 4.13. The largest absolute Gasteiger partial charge is 0.322 e. The van der Waals surface area contributed by atoms with Crippen LogP contribution in [0.1, 0.15) is 11.6 Å². The Kier molecular flexibility index (Phi) is 2.84. The van der Waals surface area contributed by atoms with E-state index in [1.165, 1.54) is 0 Å². The fraction of sp³-hybridized carbons (Fsp3) is 0.182. The van der Waals surface area contributed by atoms with Gasteiger partial charge in [-0.1, -0.05) is 29.8 Å². The van der Waals surface area contributed by atoms with Crippen molar-refractivity contribution in [3.05, 3.63) is 41.0 Å². The number of aromatic nitrogens is 1. The molecule has 1 atom stereocenters. The highest BCUT2D eigenvalue weighted by Crippen LogP contribution is 2.24. The summed E-state index contributed by atoms with van der Waals surface area (Å²) in [6, 6.07) is 8.60. The number of benzene rings is 1. The van der Waals surface area contributed by atoms with Crippen LogP contribution in [0, 0.1) is 0 Å². The molecule has 2 aromatic rings. The van der Waals surface area contributed by atoms with Crippen molar-refractivity contribution in [3.63, 3.8) is 0 Å². The van der Waals surface area contributed by atoms with Gasteiger partial charge in [-0.25, -0.2) is 9.37 Å². The molecule has 0 radical (unpaired) electrons. The number of halogens is 2. The van der Waals surface area contributed by atoms with E-state index in [0.717, 1.165) is 10.9 Å². The normalized spacial score (nSPS) is 13.0. The van der Waals surface area contributed by atoms with E-state index in [0.29, 0.717) is 5.56 Å². The first-order valence-electron chi connectivity index (χ1n) is 4.59. The summed E-state index contributed by atoms with van der Waals surface area (Å²) in [4.78, 5) is 4.16. The van der Waals surface area contributed by atoms with E-state index >= 15 is 0 Å². The third kappa shape index (κ3) is 1.94. The minimum absolute atomic E-state index is 0.277. The molecule has 0 fully saturated rings. The van der Waals surface area contributed by atoms with Gasteiger partial charge >= 0.3 is 0 Å². The van der Waals surface area contributed by atoms with Gasteiger partial charge in [0.05, 0.1) is 11.6 Å². The summed E-state index contributed by atoms with van der Waals surface area (Å²) in [5.74, 6) is 0. The van der Waals surface area contributed by atoms with Crippen LogP contribution < -0.4 is 5.73 Å². The van der Waals surface area contributed by atoms with Crippen LogP contribution in [0.2, 0.25) is 5.15 Å². The molecule has 0 aliphatic rings. The molecule has 2 nitrogen and oxygen atoms in total. The van der Waals surface area contributed by atoms with Crippen LogP contribution in [0.25, 0.3) is 10.9 Å². The molecule has 0 bridgehead atoms. The lowest BCUT2D eigenvalue weighted by Crippen LogP contribution is -2.13. The second-order valence-corrected chi connectivity index (χ2v) is 3.68. The molecular weight excluding hydrogens is 215 g/mol. The van der Waals surface area contributed by atoms with E-state index in [9.17, 15) is 4.39 Å². The predicted octanol–water partition coefficient (Wildman–Crippen LogP) is 2.86. The Morgan fingerprint density at radius 1 is 1.40 bits per heavy atom. The van der Waals surface area contributed by atoms with Crippen molar-refractivity contribution in [3.8, 4) is 0 Å². The summed E-state index contributed by atoms with van der Waals surface area (Å²) in [5, 5.41) is 1.19. The fourth-order valence-electron chi connectivity index (χ4n) is 1.45. The Labute approximate surface area is 91.9 Å². The number of fused-ring (bicyclic) bond motifs is 1. The van der Waals surface area contributed by atoms with Crippen molar-refractivity contribution in [2.45, 2.75) is 6.04 Å². The van der Waals surface area contributed by atoms with Crippen molar-refractivity contribution < 1.29 is 4.39 Å². The number of nitrogens with zero attached hydrogens (tertiary/aromatic N) is 1. The molecule has 0 spiro atoms. The van der Waals surface area contributed by atoms with Gasteiger partial charge in [-0.2, -0.15) is 0 Å². The number of hydrogen-bond donors (Lipinski definition) is 1. The van der Waals surface area contributed by atoms with Gasteiger partial charge in [0.2, 0.25) is 0 Å². The lowest BCUT2D eigenvalue weighted by Gasteiger charge is -2.10. The van der Waals surface area contributed by atoms with Crippen molar-refractivity contribution in [1.82, 2.24) is 4.98 Å². The molecule has 0 amide bonds. The quantitative estimate of drug-likeness (QED) is 0.797. The van der Waals surface area contributed by atoms with Gasteiger partial charge < -0.3 is 5.73 Å². The SMILES string of the molecule is N[C@H](CF)c1cc2ccccc2nc1Cl. The monoisotopic (exact) mass is 224 g/mol. The number of nitrogens with two attached hydrogens (primary N) is 1. The molecule has 0 aliphatic carbocycles. The molecular formula is C11H10ClFN2. The lowest BCUT2D eigenvalue weighted by atomic mass is 10.1. The standard InChI is InChI=1S/C11H10ClFN2/c12-11-8(9(14)6-13)5-7-3-1-2-4-10(7)15-11/h1-5,9H,6,14H2/t9-/m1/s1. The molecule has 0 unspecified atom stereocenters. The van der Waals surface area contributed by atoms with E-state index in [1.54, 1.807) is 6.07 Å². The second-order valence-electron chi connectivity index (χ2n) is 3.32. The zero-order chi connectivity index (χ0) is 10.8. The summed E-state index contributed by atoms with van der Waals surface area (Å²) in [7, 11) is 0. The maximum atomic E-state index is 12.4. The first kappa shape index (κ1) is 10.3. The number of para-hydroxylation sites is 1. The van der Waals surface area contributed by atoms with Crippen molar-refractivity contribution in [1.29, 1.82) is 0 Å². The lowest BCUT2D eigenvalue weighted by molar-refractivity contribution is 0.437. The minimum atomic E-state index is -0.699. The van der Waals surface area contributed by atoms with Crippen LogP contribution >= 0.6 is 11.6 Å². The summed E-state index contributed by atoms with van der Waals surface area (Å²) in [6.07, 6.45) is 0. The summed E-state index contributed by atoms with van der Waals surface area (Å²) in [5.41, 5.74) is 6.93. The maximum Gasteiger partial charge on any atom is 0.134 e. The zero-order valence-electron chi connectivity index (χ0n) is 7.95. The van der Waals surface area contributed by atoms with Gasteiger partial charge in [-0.3, -0.25) is 0 Å². The number of hydrogen-bond acceptors (Lipinski definition) is 2. The molecule has 2 N–H and O–H groups in total. The van der Waals surface area contributed by atoms with E-state index in [1.807, 2.05) is 24.3 Å². The molecule has 0 aliphatic heterocycles. The van der Waals surface area contributed by atoms with Crippen molar-refractivity contribution >= 4 is 22.5 Å². The van der Waals surface area contributed by atoms with Gasteiger partial charge in [0, 0.05) is 10.9 Å². The first-order chi connectivity index (χ1) is 7.22. The molecule has 1 aromatic carbocycles. The smallest absolute Gasteiger partial charge is 0.134 e. The summed E-state index contributed by atoms with van der Waals surface area (Å²) in [6.45, 7) is -0.639. The zero-order valence-corrected chi connectivity index (χ0v) is 8.71. The predicted molar refractivity (Wildman–Crippen MR) is 59.7 cm³/mol. The first-order valence-corrected chi connectivity index (χ1v) is 4.97. The van der Waals surface area contributed by atoms with E-state index in [2.05, 4.69) is 4.98 Å². The maximum absolute atomic E-state index is 12.4. The molecule has 1 heterocycles. The van der Waals surface area contributed by atoms with Crippen LogP contribution in [0.4, 0.5) is 4.39 Å². The minimum Gasteiger partial charge on any atom is -0.322 e. The Morgan fingerprint density at radius 3 is 2.87 bits per heavy atom. The molecule has 2 rings (SSSR count). The molecule has 4 heteroatoms.